The Morgan fingerprint density at radius 2 is 1.77 bits per heavy atom. The summed E-state index contributed by atoms with van der Waals surface area (Å²) in [6.07, 6.45) is 3.34. The van der Waals surface area contributed by atoms with E-state index in [1.807, 2.05) is 48.5 Å². The summed E-state index contributed by atoms with van der Waals surface area (Å²) in [5, 5.41) is 4.26. The molecule has 0 radical (unpaired) electrons. The maximum absolute atomic E-state index is 12.5. The van der Waals surface area contributed by atoms with Crippen molar-refractivity contribution in [1.82, 2.24) is 19.1 Å². The van der Waals surface area contributed by atoms with Gasteiger partial charge in [-0.25, -0.2) is 10.2 Å². The number of nitrogens with zero attached hydrogens (tertiary/aromatic N) is 4. The normalized spacial score (nSPS) is 11.4. The number of rotatable bonds is 7. The van der Waals surface area contributed by atoms with E-state index in [0.29, 0.717) is 23.7 Å². The van der Waals surface area contributed by atoms with Crippen molar-refractivity contribution in [2.45, 2.75) is 19.4 Å². The van der Waals surface area contributed by atoms with E-state index in [-0.39, 0.29) is 0 Å². The maximum atomic E-state index is 12.5. The first-order valence-corrected chi connectivity index (χ1v) is 9.71. The summed E-state index contributed by atoms with van der Waals surface area (Å²) in [5.74, 6) is 0.414. The fourth-order valence-corrected chi connectivity index (χ4v) is 3.33. The van der Waals surface area contributed by atoms with Crippen molar-refractivity contribution < 1.29 is 0 Å². The van der Waals surface area contributed by atoms with Crippen molar-refractivity contribution in [3.05, 3.63) is 92.6 Å². The van der Waals surface area contributed by atoms with Crippen molar-refractivity contribution in [3.63, 3.8) is 0 Å². The number of imidazole rings is 1. The number of hydrogen-bond donors (Lipinski definition) is 2. The molecule has 2 aromatic carbocycles. The molecule has 152 valence electrons. The number of benzene rings is 2. The van der Waals surface area contributed by atoms with Crippen LogP contribution in [0.25, 0.3) is 11.2 Å². The summed E-state index contributed by atoms with van der Waals surface area (Å²) in [7, 11) is 1.58. The monoisotopic (exact) mass is 402 g/mol. The molecule has 0 saturated heterocycles. The van der Waals surface area contributed by atoms with Crippen LogP contribution in [-0.4, -0.2) is 25.3 Å². The standard InChI is InChI=1S/C22H22N6O2/c1-27-19-18(20(29)25-22(27)30)28(14-8-13-16-9-4-2-5-10-16)21(24-19)26-23-15-17-11-6-3-7-12-17/h2-7,9-12,15H,8,13-14H2,1H3,(H,24,26)(H,25,29,30)/b23-15-. The molecule has 0 aliphatic carbocycles. The third-order valence-corrected chi connectivity index (χ3v) is 4.87. The minimum atomic E-state index is -0.499. The smallest absolute Gasteiger partial charge is 0.303 e. The lowest BCUT2D eigenvalue weighted by molar-refractivity contribution is 0.659. The molecule has 0 unspecified atom stereocenters. The molecule has 8 nitrogen and oxygen atoms in total. The van der Waals surface area contributed by atoms with Gasteiger partial charge in [-0.1, -0.05) is 60.7 Å². The molecule has 8 heteroatoms. The summed E-state index contributed by atoms with van der Waals surface area (Å²) in [6.45, 7) is 0.551. The van der Waals surface area contributed by atoms with E-state index >= 15 is 0 Å². The third kappa shape index (κ3) is 4.07. The van der Waals surface area contributed by atoms with Crippen LogP contribution in [0.2, 0.25) is 0 Å². The van der Waals surface area contributed by atoms with Gasteiger partial charge in [0.05, 0.1) is 6.21 Å². The quantitative estimate of drug-likeness (QED) is 0.367. The first-order chi connectivity index (χ1) is 14.6. The van der Waals surface area contributed by atoms with Crippen LogP contribution >= 0.6 is 0 Å². The third-order valence-electron chi connectivity index (χ3n) is 4.87. The molecule has 2 aromatic heterocycles. The molecule has 0 aliphatic heterocycles. The van der Waals surface area contributed by atoms with E-state index in [1.165, 1.54) is 10.1 Å². The summed E-state index contributed by atoms with van der Waals surface area (Å²) in [6, 6.07) is 19.8. The maximum Gasteiger partial charge on any atom is 0.329 e. The highest BCUT2D eigenvalue weighted by molar-refractivity contribution is 5.80. The summed E-state index contributed by atoms with van der Waals surface area (Å²) in [5.41, 5.74) is 4.79. The van der Waals surface area contributed by atoms with E-state index in [4.69, 9.17) is 0 Å². The van der Waals surface area contributed by atoms with Gasteiger partial charge in [-0.05, 0) is 24.0 Å². The Morgan fingerprint density at radius 3 is 2.50 bits per heavy atom. The van der Waals surface area contributed by atoms with Gasteiger partial charge in [-0.15, -0.1) is 0 Å². The molecule has 0 amide bonds. The average Bonchev–Trinajstić information content (AvgIpc) is 3.13. The van der Waals surface area contributed by atoms with Crippen LogP contribution in [0.5, 0.6) is 0 Å². The Balaban J connectivity index is 1.65. The largest absolute Gasteiger partial charge is 0.329 e. The number of aromatic nitrogens is 4. The zero-order valence-corrected chi connectivity index (χ0v) is 16.6. The zero-order valence-electron chi connectivity index (χ0n) is 16.6. The Hall–Kier alpha value is -3.94. The summed E-state index contributed by atoms with van der Waals surface area (Å²) < 4.78 is 3.11. The van der Waals surface area contributed by atoms with Gasteiger partial charge in [0.2, 0.25) is 5.95 Å². The molecule has 0 spiro atoms. The number of aryl methyl sites for hydroxylation is 3. The van der Waals surface area contributed by atoms with Crippen LogP contribution in [0.3, 0.4) is 0 Å². The molecule has 2 heterocycles. The van der Waals surface area contributed by atoms with Gasteiger partial charge in [-0.3, -0.25) is 14.3 Å². The molecule has 0 bridgehead atoms. The minimum absolute atomic E-state index is 0.320. The number of hydrogen-bond acceptors (Lipinski definition) is 5. The van der Waals surface area contributed by atoms with Crippen molar-refractivity contribution in [2.75, 3.05) is 5.43 Å². The molecular formula is C22H22N6O2. The Labute approximate surface area is 172 Å². The molecule has 2 N–H and O–H groups in total. The van der Waals surface area contributed by atoms with Gasteiger partial charge in [0.1, 0.15) is 0 Å². The highest BCUT2D eigenvalue weighted by atomic mass is 16.2. The molecule has 0 saturated carbocycles. The molecule has 0 atom stereocenters. The van der Waals surface area contributed by atoms with Crippen LogP contribution in [0.15, 0.2) is 75.4 Å². The fraction of sp³-hybridized carbons (Fsp3) is 0.182. The van der Waals surface area contributed by atoms with Crippen molar-refractivity contribution in [1.29, 1.82) is 0 Å². The van der Waals surface area contributed by atoms with E-state index in [1.54, 1.807) is 17.8 Å². The van der Waals surface area contributed by atoms with Gasteiger partial charge in [0.25, 0.3) is 5.56 Å². The number of anilines is 1. The first kappa shape index (κ1) is 19.4. The van der Waals surface area contributed by atoms with Crippen LogP contribution in [0.1, 0.15) is 17.5 Å². The topological polar surface area (TPSA) is 97.1 Å². The molecule has 4 rings (SSSR count). The number of nitrogens with one attached hydrogen (secondary N) is 2. The van der Waals surface area contributed by atoms with Crippen LogP contribution in [0, 0.1) is 0 Å². The van der Waals surface area contributed by atoms with Crippen molar-refractivity contribution in [3.8, 4) is 0 Å². The van der Waals surface area contributed by atoms with Crippen LogP contribution in [-0.2, 0) is 20.0 Å². The van der Waals surface area contributed by atoms with E-state index in [2.05, 4.69) is 32.6 Å². The van der Waals surface area contributed by atoms with E-state index < -0.39 is 11.2 Å². The molecule has 30 heavy (non-hydrogen) atoms. The summed E-state index contributed by atoms with van der Waals surface area (Å²) in [4.78, 5) is 31.3. The van der Waals surface area contributed by atoms with Crippen molar-refractivity contribution >= 4 is 23.3 Å². The first-order valence-electron chi connectivity index (χ1n) is 9.71. The van der Waals surface area contributed by atoms with Crippen LogP contribution < -0.4 is 16.7 Å². The number of H-pyrrole nitrogens is 1. The zero-order chi connectivity index (χ0) is 20.9. The average molecular weight is 402 g/mol. The number of hydrazone groups is 1. The second kappa shape index (κ2) is 8.60. The lowest BCUT2D eigenvalue weighted by Gasteiger charge is -2.08. The van der Waals surface area contributed by atoms with Gasteiger partial charge in [0, 0.05) is 13.6 Å². The molecular weight excluding hydrogens is 380 g/mol. The second-order valence-electron chi connectivity index (χ2n) is 6.95. The highest BCUT2D eigenvalue weighted by Gasteiger charge is 2.16. The lowest BCUT2D eigenvalue weighted by atomic mass is 10.1. The van der Waals surface area contributed by atoms with Gasteiger partial charge in [0.15, 0.2) is 11.2 Å². The highest BCUT2D eigenvalue weighted by Crippen LogP contribution is 2.17. The summed E-state index contributed by atoms with van der Waals surface area (Å²) >= 11 is 0. The number of fused-ring (bicyclic) bond motifs is 1. The molecule has 0 aliphatic rings. The Kier molecular flexibility index (Phi) is 5.56. The van der Waals surface area contributed by atoms with Gasteiger partial charge < -0.3 is 4.57 Å². The fourth-order valence-electron chi connectivity index (χ4n) is 3.33. The van der Waals surface area contributed by atoms with E-state index in [9.17, 15) is 9.59 Å². The van der Waals surface area contributed by atoms with Gasteiger partial charge >= 0.3 is 5.69 Å². The molecule has 4 aromatic rings. The molecule has 0 fully saturated rings. The number of aromatic amines is 1. The lowest BCUT2D eigenvalue weighted by Crippen LogP contribution is -2.29. The predicted molar refractivity (Wildman–Crippen MR) is 118 cm³/mol. The minimum Gasteiger partial charge on any atom is -0.303 e. The van der Waals surface area contributed by atoms with Crippen molar-refractivity contribution in [2.24, 2.45) is 12.1 Å². The predicted octanol–water partition coefficient (Wildman–Crippen LogP) is 2.50. The van der Waals surface area contributed by atoms with E-state index in [0.717, 1.165) is 18.4 Å². The Bertz CT molecular complexity index is 1290. The van der Waals surface area contributed by atoms with Crippen LogP contribution in [0.4, 0.5) is 5.95 Å². The second-order valence-corrected chi connectivity index (χ2v) is 6.95. The Morgan fingerprint density at radius 1 is 1.07 bits per heavy atom. The van der Waals surface area contributed by atoms with Gasteiger partial charge in [-0.2, -0.15) is 10.1 Å². The SMILES string of the molecule is Cn1c(=O)[nH]c(=O)c2c1nc(N/N=C\c1ccccc1)n2CCCc1ccccc1.